The Bertz CT molecular complexity index is 970. The quantitative estimate of drug-likeness (QED) is 0.283. The van der Waals surface area contributed by atoms with Crippen molar-refractivity contribution in [2.45, 2.75) is 23.2 Å². The number of nitrogens with zero attached hydrogens (tertiary/aromatic N) is 1. The van der Waals surface area contributed by atoms with E-state index in [4.69, 9.17) is 5.73 Å². The van der Waals surface area contributed by atoms with Crippen molar-refractivity contribution in [3.63, 3.8) is 0 Å². The Morgan fingerprint density at radius 1 is 0.938 bits per heavy atom. The molecule has 1 heterocycles. The number of hydrogen-bond acceptors (Lipinski definition) is 2. The molecular weight excluding hydrogens is 412 g/mol. The second-order valence-corrected chi connectivity index (χ2v) is 10.3. The van der Waals surface area contributed by atoms with Gasteiger partial charge in [-0.15, -0.1) is 11.8 Å². The highest BCUT2D eigenvalue weighted by Crippen LogP contribution is 2.45. The van der Waals surface area contributed by atoms with Crippen molar-refractivity contribution in [3.05, 3.63) is 102 Å². The first-order chi connectivity index (χ1) is 15.5. The standard InChI is InChI=1S/C28H32N2OS/c1-30(19-11-21-32-26-16-9-4-10-17-26)20-18-25(22-30)28(27(29)31,23-12-5-2-6-13-23)24-14-7-3-8-15-24/h2-10,12-17,25H,11,18-22H2,1H3,(H-,29,31)/p+1/t25?,30-/m1/s1. The molecule has 1 aliphatic rings. The van der Waals surface area contributed by atoms with Gasteiger partial charge in [0.05, 0.1) is 26.7 Å². The number of carbonyl (C=O) groups is 1. The monoisotopic (exact) mass is 445 g/mol. The van der Waals surface area contributed by atoms with Crippen LogP contribution in [0.5, 0.6) is 0 Å². The van der Waals surface area contributed by atoms with Gasteiger partial charge in [-0.2, -0.15) is 0 Å². The Hall–Kier alpha value is -2.56. The average Bonchev–Trinajstić information content (AvgIpc) is 3.21. The molecule has 32 heavy (non-hydrogen) atoms. The van der Waals surface area contributed by atoms with Gasteiger partial charge < -0.3 is 10.2 Å². The normalized spacial score (nSPS) is 20.8. The first kappa shape index (κ1) is 22.6. The van der Waals surface area contributed by atoms with Gasteiger partial charge in [0, 0.05) is 29.4 Å². The van der Waals surface area contributed by atoms with Crippen LogP contribution in [-0.2, 0) is 10.2 Å². The minimum atomic E-state index is -0.794. The number of primary amides is 1. The molecule has 1 saturated heterocycles. The fourth-order valence-corrected chi connectivity index (χ4v) is 6.28. The lowest BCUT2D eigenvalue weighted by atomic mass is 9.64. The average molecular weight is 446 g/mol. The van der Waals surface area contributed by atoms with Crippen LogP contribution in [0, 0.1) is 5.92 Å². The van der Waals surface area contributed by atoms with E-state index < -0.39 is 5.41 Å². The summed E-state index contributed by atoms with van der Waals surface area (Å²) in [5, 5.41) is 0. The van der Waals surface area contributed by atoms with Crippen LogP contribution in [0.15, 0.2) is 95.9 Å². The lowest BCUT2D eigenvalue weighted by Crippen LogP contribution is -2.51. The number of rotatable bonds is 9. The molecule has 166 valence electrons. The zero-order chi connectivity index (χ0) is 22.4. The number of carbonyl (C=O) groups excluding carboxylic acids is 1. The van der Waals surface area contributed by atoms with Gasteiger partial charge in [0.25, 0.3) is 0 Å². The fraction of sp³-hybridized carbons (Fsp3) is 0.321. The van der Waals surface area contributed by atoms with Crippen molar-refractivity contribution in [1.29, 1.82) is 0 Å². The van der Waals surface area contributed by atoms with Gasteiger partial charge in [-0.3, -0.25) is 4.79 Å². The fourth-order valence-electron chi connectivity index (χ4n) is 5.42. The van der Waals surface area contributed by atoms with E-state index in [0.717, 1.165) is 53.8 Å². The first-order valence-electron chi connectivity index (χ1n) is 11.5. The Morgan fingerprint density at radius 2 is 1.47 bits per heavy atom. The molecule has 4 heteroatoms. The third-order valence-electron chi connectivity index (χ3n) is 6.99. The molecular formula is C28H33N2OS+. The molecule has 1 amide bonds. The van der Waals surface area contributed by atoms with Crippen molar-refractivity contribution in [2.75, 3.05) is 32.4 Å². The van der Waals surface area contributed by atoms with Gasteiger partial charge in [-0.25, -0.2) is 0 Å². The second kappa shape index (κ2) is 9.93. The van der Waals surface area contributed by atoms with E-state index in [1.807, 2.05) is 48.2 Å². The molecule has 0 bridgehead atoms. The molecule has 1 unspecified atom stereocenters. The van der Waals surface area contributed by atoms with E-state index in [2.05, 4.69) is 61.6 Å². The lowest BCUT2D eigenvalue weighted by molar-refractivity contribution is -0.899. The van der Waals surface area contributed by atoms with E-state index in [0.29, 0.717) is 0 Å². The highest BCUT2D eigenvalue weighted by Gasteiger charge is 2.53. The van der Waals surface area contributed by atoms with Crippen LogP contribution < -0.4 is 5.73 Å². The minimum absolute atomic E-state index is 0.177. The smallest absolute Gasteiger partial charge is 0.233 e. The number of likely N-dealkylation sites (tertiary alicyclic amines) is 1. The predicted octanol–water partition coefficient (Wildman–Crippen LogP) is 5.11. The largest absolute Gasteiger partial charge is 0.369 e. The topological polar surface area (TPSA) is 43.1 Å². The van der Waals surface area contributed by atoms with Gasteiger partial charge in [-0.1, -0.05) is 78.9 Å². The number of benzene rings is 3. The molecule has 0 saturated carbocycles. The molecule has 3 nitrogen and oxygen atoms in total. The number of hydrogen-bond donors (Lipinski definition) is 1. The zero-order valence-electron chi connectivity index (χ0n) is 18.8. The van der Waals surface area contributed by atoms with E-state index in [9.17, 15) is 4.79 Å². The lowest BCUT2D eigenvalue weighted by Gasteiger charge is -2.38. The summed E-state index contributed by atoms with van der Waals surface area (Å²) in [6.07, 6.45) is 2.15. The van der Waals surface area contributed by atoms with Crippen LogP contribution >= 0.6 is 11.8 Å². The second-order valence-electron chi connectivity index (χ2n) is 9.15. The maximum absolute atomic E-state index is 13.2. The van der Waals surface area contributed by atoms with Crippen LogP contribution in [0.1, 0.15) is 24.0 Å². The number of thioether (sulfide) groups is 1. The van der Waals surface area contributed by atoms with Gasteiger partial charge >= 0.3 is 0 Å². The third-order valence-corrected chi connectivity index (χ3v) is 8.09. The third kappa shape index (κ3) is 4.62. The molecule has 0 spiro atoms. The van der Waals surface area contributed by atoms with Gasteiger partial charge in [0.1, 0.15) is 5.41 Å². The summed E-state index contributed by atoms with van der Waals surface area (Å²) in [5.41, 5.74) is 7.47. The molecule has 1 aliphatic heterocycles. The van der Waals surface area contributed by atoms with Crippen LogP contribution in [0.25, 0.3) is 0 Å². The summed E-state index contributed by atoms with van der Waals surface area (Å²) in [7, 11) is 2.34. The Balaban J connectivity index is 1.54. The van der Waals surface area contributed by atoms with Crippen LogP contribution in [0.3, 0.4) is 0 Å². The number of nitrogens with two attached hydrogens (primary N) is 1. The summed E-state index contributed by atoms with van der Waals surface area (Å²) >= 11 is 1.92. The van der Waals surface area contributed by atoms with Gasteiger partial charge in [-0.05, 0) is 23.3 Å². The molecule has 0 radical (unpaired) electrons. The van der Waals surface area contributed by atoms with Crippen molar-refractivity contribution in [1.82, 2.24) is 0 Å². The van der Waals surface area contributed by atoms with E-state index in [1.165, 1.54) is 4.90 Å². The van der Waals surface area contributed by atoms with Crippen molar-refractivity contribution in [3.8, 4) is 0 Å². The Labute approximate surface area is 196 Å². The summed E-state index contributed by atoms with van der Waals surface area (Å²) in [4.78, 5) is 14.6. The highest BCUT2D eigenvalue weighted by atomic mass is 32.2. The maximum Gasteiger partial charge on any atom is 0.233 e. The van der Waals surface area contributed by atoms with Crippen LogP contribution in [-0.4, -0.2) is 42.8 Å². The van der Waals surface area contributed by atoms with Gasteiger partial charge in [0.15, 0.2) is 0 Å². The molecule has 3 aromatic carbocycles. The summed E-state index contributed by atoms with van der Waals surface area (Å²) < 4.78 is 0.995. The maximum atomic E-state index is 13.2. The highest BCUT2D eigenvalue weighted by molar-refractivity contribution is 7.99. The summed E-state index contributed by atoms with van der Waals surface area (Å²) in [6, 6.07) is 30.9. The molecule has 2 atom stereocenters. The summed E-state index contributed by atoms with van der Waals surface area (Å²) in [6.45, 7) is 3.16. The first-order valence-corrected chi connectivity index (χ1v) is 12.5. The van der Waals surface area contributed by atoms with E-state index in [1.54, 1.807) is 0 Å². The summed E-state index contributed by atoms with van der Waals surface area (Å²) in [5.74, 6) is 1.05. The molecule has 2 N–H and O–H groups in total. The number of amides is 1. The molecule has 0 aromatic heterocycles. The molecule has 4 rings (SSSR count). The SMILES string of the molecule is C[N@@+]1(CCCSc2ccccc2)CCC(C(C(N)=O)(c2ccccc2)c2ccccc2)C1. The molecule has 3 aromatic rings. The van der Waals surface area contributed by atoms with E-state index in [-0.39, 0.29) is 11.8 Å². The van der Waals surface area contributed by atoms with Crippen molar-refractivity contribution >= 4 is 17.7 Å². The minimum Gasteiger partial charge on any atom is -0.369 e. The van der Waals surface area contributed by atoms with Crippen LogP contribution in [0.2, 0.25) is 0 Å². The van der Waals surface area contributed by atoms with E-state index >= 15 is 0 Å². The van der Waals surface area contributed by atoms with Crippen molar-refractivity contribution < 1.29 is 9.28 Å². The van der Waals surface area contributed by atoms with Crippen LogP contribution in [0.4, 0.5) is 0 Å². The molecule has 1 fully saturated rings. The molecule has 0 aliphatic carbocycles. The Morgan fingerprint density at radius 3 is 2.00 bits per heavy atom. The predicted molar refractivity (Wildman–Crippen MR) is 134 cm³/mol. The number of quaternary nitrogens is 1. The Kier molecular flexibility index (Phi) is 7.02. The zero-order valence-corrected chi connectivity index (χ0v) is 19.6. The van der Waals surface area contributed by atoms with Crippen molar-refractivity contribution in [2.24, 2.45) is 11.7 Å². The van der Waals surface area contributed by atoms with Gasteiger partial charge in [0.2, 0.25) is 5.91 Å².